The number of hydrogen-bond acceptors (Lipinski definition) is 3. The summed E-state index contributed by atoms with van der Waals surface area (Å²) in [6.45, 7) is 11.0. The minimum Gasteiger partial charge on any atom is -0.426 e. The Kier molecular flexibility index (Phi) is 5.48. The minimum atomic E-state index is -0.442. The van der Waals surface area contributed by atoms with Gasteiger partial charge in [0.1, 0.15) is 0 Å². The van der Waals surface area contributed by atoms with Gasteiger partial charge in [-0.2, -0.15) is 0 Å². The van der Waals surface area contributed by atoms with Crippen LogP contribution < -0.4 is 10.4 Å². The summed E-state index contributed by atoms with van der Waals surface area (Å²) in [4.78, 5) is 15.5. The maximum atomic E-state index is 13.2. The van der Waals surface area contributed by atoms with E-state index in [-0.39, 0.29) is 18.3 Å². The van der Waals surface area contributed by atoms with Crippen molar-refractivity contribution in [2.75, 3.05) is 11.9 Å². The third-order valence-corrected chi connectivity index (χ3v) is 8.28. The Labute approximate surface area is 204 Å². The van der Waals surface area contributed by atoms with E-state index in [1.807, 2.05) is 12.1 Å². The first kappa shape index (κ1) is 22.9. The fraction of sp³-hybridized carbons (Fsp3) is 0.367. The van der Waals surface area contributed by atoms with Crippen molar-refractivity contribution in [2.24, 2.45) is 0 Å². The van der Waals surface area contributed by atoms with Crippen LogP contribution in [-0.2, 0) is 10.1 Å². The van der Waals surface area contributed by atoms with Crippen molar-refractivity contribution >= 4 is 29.5 Å². The molecule has 1 saturated heterocycles. The van der Waals surface area contributed by atoms with Crippen LogP contribution in [0.4, 0.5) is 11.4 Å². The van der Waals surface area contributed by atoms with E-state index in [4.69, 9.17) is 4.65 Å². The maximum absolute atomic E-state index is 13.2. The summed E-state index contributed by atoms with van der Waals surface area (Å²) >= 11 is 0. The number of nitrogens with zero attached hydrogens (tertiary/aromatic N) is 1. The number of carbonyl (C=O) groups is 1. The summed E-state index contributed by atoms with van der Waals surface area (Å²) in [7, 11) is 2.14. The van der Waals surface area contributed by atoms with E-state index in [1.165, 1.54) is 28.0 Å². The zero-order valence-corrected chi connectivity index (χ0v) is 21.2. The highest BCUT2D eigenvalue weighted by Gasteiger charge is 2.50. The van der Waals surface area contributed by atoms with Gasteiger partial charge in [0.05, 0.1) is 0 Å². The van der Waals surface area contributed by atoms with Crippen molar-refractivity contribution in [1.29, 1.82) is 0 Å². The second-order valence-electron chi connectivity index (χ2n) is 10.6. The smallest absolute Gasteiger partial charge is 0.332 e. The Morgan fingerprint density at radius 1 is 0.941 bits per heavy atom. The number of ketones is 1. The largest absolute Gasteiger partial charge is 0.426 e. The topological polar surface area (TPSA) is 29.5 Å². The molecule has 34 heavy (non-hydrogen) atoms. The summed E-state index contributed by atoms with van der Waals surface area (Å²) in [5.74, 6) is 0.665. The lowest BCUT2D eigenvalue weighted by atomic mass is 9.41. The Morgan fingerprint density at radius 3 is 2.26 bits per heavy atom. The number of Topliss-reactive ketones (excluding diaryl/α,β-unsaturated/α-hetero) is 1. The average Bonchev–Trinajstić information content (AvgIpc) is 2.85. The molecule has 3 aromatic rings. The van der Waals surface area contributed by atoms with Crippen LogP contribution in [0.3, 0.4) is 0 Å². The predicted molar refractivity (Wildman–Crippen MR) is 142 cm³/mol. The summed E-state index contributed by atoms with van der Waals surface area (Å²) in [5, 5.41) is 0. The number of anilines is 2. The first-order chi connectivity index (χ1) is 16.2. The normalized spacial score (nSPS) is 22.6. The molecule has 2 unspecified atom stereocenters. The van der Waals surface area contributed by atoms with Crippen molar-refractivity contribution < 1.29 is 9.45 Å². The molecule has 4 heteroatoms. The highest BCUT2D eigenvalue weighted by Crippen LogP contribution is 2.52. The maximum Gasteiger partial charge on any atom is 0.332 e. The molecule has 0 bridgehead atoms. The molecule has 0 aliphatic carbocycles. The lowest BCUT2D eigenvalue weighted by molar-refractivity contribution is 0.0384. The summed E-state index contributed by atoms with van der Waals surface area (Å²) < 4.78 is 6.27. The van der Waals surface area contributed by atoms with Gasteiger partial charge in [-0.05, 0) is 67.3 Å². The number of fused-ring (bicyclic) bond motifs is 2. The quantitative estimate of drug-likeness (QED) is 0.328. The van der Waals surface area contributed by atoms with Crippen LogP contribution in [0.25, 0.3) is 0 Å². The Morgan fingerprint density at radius 2 is 1.59 bits per heavy atom. The van der Waals surface area contributed by atoms with Crippen molar-refractivity contribution in [1.82, 2.24) is 0 Å². The van der Waals surface area contributed by atoms with Crippen LogP contribution in [0, 0.1) is 0 Å². The molecule has 1 fully saturated rings. The zero-order valence-electron chi connectivity index (χ0n) is 21.2. The molecule has 2 aliphatic rings. The Bertz CT molecular complexity index is 1270. The molecule has 0 radical (unpaired) electrons. The molecule has 0 amide bonds. The van der Waals surface area contributed by atoms with E-state index in [1.54, 1.807) is 0 Å². The van der Waals surface area contributed by atoms with E-state index >= 15 is 0 Å². The van der Waals surface area contributed by atoms with Gasteiger partial charge in [0, 0.05) is 41.4 Å². The van der Waals surface area contributed by atoms with Gasteiger partial charge in [0.2, 0.25) is 0 Å². The molecule has 2 atom stereocenters. The molecular formula is C30H34BNO2. The van der Waals surface area contributed by atoms with Gasteiger partial charge in [-0.25, -0.2) is 0 Å². The summed E-state index contributed by atoms with van der Waals surface area (Å²) in [6.07, 6.45) is 1.41. The third-order valence-electron chi connectivity index (χ3n) is 8.28. The summed E-state index contributed by atoms with van der Waals surface area (Å²) in [5.41, 5.74) is 7.40. The molecule has 2 heterocycles. The van der Waals surface area contributed by atoms with Gasteiger partial charge in [0.25, 0.3) is 0 Å². The van der Waals surface area contributed by atoms with Gasteiger partial charge in [0.15, 0.2) is 5.78 Å². The van der Waals surface area contributed by atoms with Crippen LogP contribution >= 0.6 is 0 Å². The zero-order chi connectivity index (χ0) is 24.3. The molecule has 5 rings (SSSR count). The molecule has 2 aliphatic heterocycles. The number of benzene rings is 3. The monoisotopic (exact) mass is 451 g/mol. The Hall–Kier alpha value is -2.85. The Balaban J connectivity index is 1.72. The second kappa shape index (κ2) is 8.13. The average molecular weight is 451 g/mol. The second-order valence-corrected chi connectivity index (χ2v) is 10.6. The number of carbonyl (C=O) groups excluding carboxylic acids is 1. The fourth-order valence-corrected chi connectivity index (χ4v) is 5.89. The molecular weight excluding hydrogens is 417 g/mol. The molecule has 0 aromatic heterocycles. The molecule has 3 aromatic carbocycles. The van der Waals surface area contributed by atoms with Crippen LogP contribution in [0.5, 0.6) is 0 Å². The molecule has 3 nitrogen and oxygen atoms in total. The third kappa shape index (κ3) is 3.26. The van der Waals surface area contributed by atoms with Gasteiger partial charge in [-0.3, -0.25) is 4.79 Å². The first-order valence-electron chi connectivity index (χ1n) is 12.5. The first-order valence-corrected chi connectivity index (χ1v) is 12.5. The number of rotatable bonds is 5. The van der Waals surface area contributed by atoms with Gasteiger partial charge >= 0.3 is 6.92 Å². The van der Waals surface area contributed by atoms with Crippen molar-refractivity contribution in [3.05, 3.63) is 89.0 Å². The molecule has 0 saturated carbocycles. The standard InChI is InChI=1S/C30H34BNO2/c1-7-12-28(33)22-13-8-9-14-23(22)30(5)24-15-10-11-16-26(24)32(6)27-19-21(17-18-25(27)30)31-20(2)29(3,4)34-31/h8-11,13-20H,7,12H2,1-6H3. The van der Waals surface area contributed by atoms with Crippen LogP contribution in [0.15, 0.2) is 66.7 Å². The van der Waals surface area contributed by atoms with E-state index in [9.17, 15) is 4.79 Å². The van der Waals surface area contributed by atoms with Gasteiger partial charge in [-0.1, -0.05) is 68.4 Å². The van der Waals surface area contributed by atoms with E-state index in [0.29, 0.717) is 12.2 Å². The number of hydrogen-bond donors (Lipinski definition) is 0. The SMILES string of the molecule is CCCC(=O)c1ccccc1C1(C)c2ccccc2N(C)c2cc(B3OC(C)(C)C3C)ccc21. The van der Waals surface area contributed by atoms with Crippen molar-refractivity contribution in [3.8, 4) is 0 Å². The molecule has 174 valence electrons. The predicted octanol–water partition coefficient (Wildman–Crippen LogP) is 6.50. The fourth-order valence-electron chi connectivity index (χ4n) is 5.89. The van der Waals surface area contributed by atoms with E-state index in [2.05, 4.69) is 101 Å². The van der Waals surface area contributed by atoms with Crippen LogP contribution in [0.1, 0.15) is 74.5 Å². The highest BCUT2D eigenvalue weighted by molar-refractivity contribution is 6.71. The lowest BCUT2D eigenvalue weighted by Gasteiger charge is -2.49. The molecule has 0 spiro atoms. The van der Waals surface area contributed by atoms with Crippen molar-refractivity contribution in [2.45, 2.75) is 64.3 Å². The van der Waals surface area contributed by atoms with Crippen LogP contribution in [-0.4, -0.2) is 25.3 Å². The molecule has 0 N–H and O–H groups in total. The van der Waals surface area contributed by atoms with E-state index in [0.717, 1.165) is 17.5 Å². The lowest BCUT2D eigenvalue weighted by Crippen LogP contribution is -2.60. The van der Waals surface area contributed by atoms with Gasteiger partial charge < -0.3 is 9.55 Å². The summed E-state index contributed by atoms with van der Waals surface area (Å²) in [6, 6.07) is 23.6. The van der Waals surface area contributed by atoms with E-state index < -0.39 is 5.41 Å². The number of para-hydroxylation sites is 1. The van der Waals surface area contributed by atoms with Gasteiger partial charge in [-0.15, -0.1) is 0 Å². The highest BCUT2D eigenvalue weighted by atomic mass is 16.5. The van der Waals surface area contributed by atoms with Crippen LogP contribution in [0.2, 0.25) is 5.82 Å². The van der Waals surface area contributed by atoms with Crippen molar-refractivity contribution in [3.63, 3.8) is 0 Å². The minimum absolute atomic E-state index is 0.0911.